The highest BCUT2D eigenvalue weighted by Crippen LogP contribution is 2.28. The maximum absolute atomic E-state index is 5.42. The van der Waals surface area contributed by atoms with Gasteiger partial charge in [-0.05, 0) is 34.2 Å². The van der Waals surface area contributed by atoms with Crippen LogP contribution in [0.5, 0.6) is 0 Å². The lowest BCUT2D eigenvalue weighted by Gasteiger charge is -2.29. The first-order valence-corrected chi connectivity index (χ1v) is 8.08. The molecule has 116 valence electrons. The van der Waals surface area contributed by atoms with Crippen LogP contribution in [0.1, 0.15) is 26.3 Å². The molecule has 1 fully saturated rings. The third-order valence-corrected chi connectivity index (χ3v) is 4.31. The van der Waals surface area contributed by atoms with Crippen LogP contribution in [0, 0.1) is 0 Å². The van der Waals surface area contributed by atoms with Gasteiger partial charge >= 0.3 is 0 Å². The summed E-state index contributed by atoms with van der Waals surface area (Å²) in [5, 5.41) is 0. The molecule has 0 saturated carbocycles. The lowest BCUT2D eigenvalue weighted by molar-refractivity contribution is 0.122. The highest BCUT2D eigenvalue weighted by atomic mass is 16.5. The van der Waals surface area contributed by atoms with Crippen molar-refractivity contribution >= 4 is 5.69 Å². The largest absolute Gasteiger partial charge is 0.378 e. The molecular formula is C20H25NO. The van der Waals surface area contributed by atoms with Crippen LogP contribution in [0.15, 0.2) is 48.5 Å². The van der Waals surface area contributed by atoms with Gasteiger partial charge in [0.05, 0.1) is 13.2 Å². The molecule has 3 rings (SSSR count). The Hall–Kier alpha value is -1.80. The zero-order valence-corrected chi connectivity index (χ0v) is 13.8. The molecule has 0 radical (unpaired) electrons. The summed E-state index contributed by atoms with van der Waals surface area (Å²) in [5.74, 6) is 0. The summed E-state index contributed by atoms with van der Waals surface area (Å²) in [4.78, 5) is 2.39. The molecule has 0 aromatic heterocycles. The Balaban J connectivity index is 1.83. The van der Waals surface area contributed by atoms with Gasteiger partial charge in [0.25, 0.3) is 0 Å². The fourth-order valence-electron chi connectivity index (χ4n) is 2.85. The van der Waals surface area contributed by atoms with E-state index in [0.717, 1.165) is 26.3 Å². The van der Waals surface area contributed by atoms with Gasteiger partial charge in [-0.2, -0.15) is 0 Å². The number of morpholine rings is 1. The molecule has 1 aliphatic heterocycles. The summed E-state index contributed by atoms with van der Waals surface area (Å²) in [6.45, 7) is 10.4. The van der Waals surface area contributed by atoms with Crippen LogP contribution in [-0.4, -0.2) is 26.3 Å². The average Bonchev–Trinajstić information content (AvgIpc) is 2.55. The van der Waals surface area contributed by atoms with Crippen molar-refractivity contribution in [3.63, 3.8) is 0 Å². The first kappa shape index (κ1) is 15.1. The van der Waals surface area contributed by atoms with E-state index in [1.54, 1.807) is 0 Å². The number of hydrogen-bond acceptors (Lipinski definition) is 2. The Bertz CT molecular complexity index is 619. The molecule has 0 aliphatic carbocycles. The van der Waals surface area contributed by atoms with Gasteiger partial charge in [-0.15, -0.1) is 0 Å². The lowest BCUT2D eigenvalue weighted by atomic mass is 9.85. The summed E-state index contributed by atoms with van der Waals surface area (Å²) in [7, 11) is 0. The lowest BCUT2D eigenvalue weighted by Crippen LogP contribution is -2.36. The van der Waals surface area contributed by atoms with Crippen molar-refractivity contribution in [2.24, 2.45) is 0 Å². The molecule has 2 aromatic rings. The van der Waals surface area contributed by atoms with Gasteiger partial charge in [0.1, 0.15) is 0 Å². The Morgan fingerprint density at radius 3 is 2.18 bits per heavy atom. The smallest absolute Gasteiger partial charge is 0.0642 e. The predicted octanol–water partition coefficient (Wildman–Crippen LogP) is 4.49. The minimum Gasteiger partial charge on any atom is -0.378 e. The summed E-state index contributed by atoms with van der Waals surface area (Å²) in [6, 6.07) is 17.8. The van der Waals surface area contributed by atoms with E-state index in [-0.39, 0.29) is 5.41 Å². The van der Waals surface area contributed by atoms with E-state index >= 15 is 0 Å². The summed E-state index contributed by atoms with van der Waals surface area (Å²) in [5.41, 5.74) is 5.43. The van der Waals surface area contributed by atoms with Gasteiger partial charge in [0, 0.05) is 18.8 Å². The maximum atomic E-state index is 5.42. The average molecular weight is 295 g/mol. The van der Waals surface area contributed by atoms with E-state index in [0.29, 0.717) is 0 Å². The topological polar surface area (TPSA) is 12.5 Å². The quantitative estimate of drug-likeness (QED) is 0.809. The molecule has 0 bridgehead atoms. The Kier molecular flexibility index (Phi) is 4.21. The molecule has 0 atom stereocenters. The zero-order valence-electron chi connectivity index (χ0n) is 13.8. The molecule has 1 saturated heterocycles. The fourth-order valence-corrected chi connectivity index (χ4v) is 2.85. The van der Waals surface area contributed by atoms with Crippen LogP contribution in [0.2, 0.25) is 0 Å². The number of nitrogens with zero attached hydrogens (tertiary/aromatic N) is 1. The Labute approximate surface area is 133 Å². The summed E-state index contributed by atoms with van der Waals surface area (Å²) >= 11 is 0. The van der Waals surface area contributed by atoms with E-state index in [4.69, 9.17) is 4.74 Å². The number of anilines is 1. The van der Waals surface area contributed by atoms with Crippen LogP contribution < -0.4 is 4.90 Å². The molecule has 2 nitrogen and oxygen atoms in total. The van der Waals surface area contributed by atoms with Crippen LogP contribution in [0.25, 0.3) is 11.1 Å². The SMILES string of the molecule is CC(C)(C)c1cccc(-c2ccc(N3CCOCC3)cc2)c1. The Morgan fingerprint density at radius 1 is 0.864 bits per heavy atom. The number of benzene rings is 2. The van der Waals surface area contributed by atoms with Gasteiger partial charge in [0.15, 0.2) is 0 Å². The van der Waals surface area contributed by atoms with E-state index in [1.165, 1.54) is 22.4 Å². The second-order valence-corrected chi connectivity index (χ2v) is 6.98. The predicted molar refractivity (Wildman–Crippen MR) is 93.6 cm³/mol. The number of hydrogen-bond donors (Lipinski definition) is 0. The van der Waals surface area contributed by atoms with Crippen molar-refractivity contribution in [2.75, 3.05) is 31.2 Å². The molecule has 2 heteroatoms. The summed E-state index contributed by atoms with van der Waals surface area (Å²) in [6.07, 6.45) is 0. The van der Waals surface area contributed by atoms with Crippen molar-refractivity contribution in [2.45, 2.75) is 26.2 Å². The third-order valence-electron chi connectivity index (χ3n) is 4.31. The van der Waals surface area contributed by atoms with Gasteiger partial charge in [-0.1, -0.05) is 57.2 Å². The first-order chi connectivity index (χ1) is 10.5. The highest BCUT2D eigenvalue weighted by molar-refractivity contribution is 5.67. The molecular weight excluding hydrogens is 270 g/mol. The molecule has 0 N–H and O–H groups in total. The monoisotopic (exact) mass is 295 g/mol. The molecule has 22 heavy (non-hydrogen) atoms. The second kappa shape index (κ2) is 6.13. The van der Waals surface area contributed by atoms with Crippen LogP contribution >= 0.6 is 0 Å². The zero-order chi connectivity index (χ0) is 15.6. The fraction of sp³-hybridized carbons (Fsp3) is 0.400. The van der Waals surface area contributed by atoms with E-state index < -0.39 is 0 Å². The van der Waals surface area contributed by atoms with Crippen molar-refractivity contribution in [1.29, 1.82) is 0 Å². The molecule has 0 spiro atoms. The number of rotatable bonds is 2. The van der Waals surface area contributed by atoms with Crippen molar-refractivity contribution in [3.8, 4) is 11.1 Å². The molecule has 2 aromatic carbocycles. The van der Waals surface area contributed by atoms with Crippen LogP contribution in [0.4, 0.5) is 5.69 Å². The second-order valence-electron chi connectivity index (χ2n) is 6.98. The molecule has 0 amide bonds. The highest BCUT2D eigenvalue weighted by Gasteiger charge is 2.14. The van der Waals surface area contributed by atoms with Gasteiger partial charge in [0.2, 0.25) is 0 Å². The Morgan fingerprint density at radius 2 is 1.55 bits per heavy atom. The van der Waals surface area contributed by atoms with Crippen LogP contribution in [-0.2, 0) is 10.2 Å². The molecule has 1 heterocycles. The van der Waals surface area contributed by atoms with Crippen molar-refractivity contribution < 1.29 is 4.74 Å². The van der Waals surface area contributed by atoms with Gasteiger partial charge in [-0.3, -0.25) is 0 Å². The molecule has 0 unspecified atom stereocenters. The van der Waals surface area contributed by atoms with Crippen molar-refractivity contribution in [1.82, 2.24) is 0 Å². The van der Waals surface area contributed by atoms with Crippen molar-refractivity contribution in [3.05, 3.63) is 54.1 Å². The third kappa shape index (κ3) is 3.33. The summed E-state index contributed by atoms with van der Waals surface area (Å²) < 4.78 is 5.42. The number of ether oxygens (including phenoxy) is 1. The molecule has 1 aliphatic rings. The maximum Gasteiger partial charge on any atom is 0.0642 e. The normalized spacial score (nSPS) is 15.9. The minimum absolute atomic E-state index is 0.184. The van der Waals surface area contributed by atoms with Crippen LogP contribution in [0.3, 0.4) is 0 Å². The van der Waals surface area contributed by atoms with Gasteiger partial charge < -0.3 is 9.64 Å². The van der Waals surface area contributed by atoms with E-state index in [1.807, 2.05) is 0 Å². The minimum atomic E-state index is 0.184. The standard InChI is InChI=1S/C20H25NO/c1-20(2,3)18-6-4-5-17(15-18)16-7-9-19(10-8-16)21-11-13-22-14-12-21/h4-10,15H,11-14H2,1-3H3. The van der Waals surface area contributed by atoms with Gasteiger partial charge in [-0.25, -0.2) is 0 Å². The van der Waals surface area contributed by atoms with E-state index in [2.05, 4.69) is 74.2 Å². The van der Waals surface area contributed by atoms with E-state index in [9.17, 15) is 0 Å². The first-order valence-electron chi connectivity index (χ1n) is 8.08.